The Morgan fingerprint density at radius 1 is 1.23 bits per heavy atom. The molecular weight excluding hydrogens is 282 g/mol. The van der Waals surface area contributed by atoms with Gasteiger partial charge in [-0.3, -0.25) is 10.1 Å². The van der Waals surface area contributed by atoms with Gasteiger partial charge in [-0.15, -0.1) is 0 Å². The third kappa shape index (κ3) is 3.27. The van der Waals surface area contributed by atoms with Crippen molar-refractivity contribution in [2.75, 3.05) is 0 Å². The van der Waals surface area contributed by atoms with Gasteiger partial charge in [0.05, 0.1) is 4.92 Å². The van der Waals surface area contributed by atoms with Crippen LogP contribution in [0.5, 0.6) is 0 Å². The van der Waals surface area contributed by atoms with Crippen LogP contribution in [0.2, 0.25) is 0 Å². The van der Waals surface area contributed by atoms with E-state index in [1.165, 1.54) is 30.9 Å². The summed E-state index contributed by atoms with van der Waals surface area (Å²) in [6.45, 7) is 3.69. The van der Waals surface area contributed by atoms with Crippen LogP contribution < -0.4 is 0 Å². The van der Waals surface area contributed by atoms with Gasteiger partial charge < -0.3 is 5.11 Å². The lowest BCUT2D eigenvalue weighted by Gasteiger charge is -2.26. The number of hydrogen-bond donors (Lipinski definition) is 1. The molecule has 0 radical (unpaired) electrons. The number of aliphatic hydroxyl groups is 1. The largest absolute Gasteiger partial charge is 0.373 e. The van der Waals surface area contributed by atoms with Crippen molar-refractivity contribution in [3.05, 3.63) is 64.2 Å². The van der Waals surface area contributed by atoms with Gasteiger partial charge >= 0.3 is 0 Å². The first-order chi connectivity index (χ1) is 10.4. The lowest BCUT2D eigenvalue weighted by molar-refractivity contribution is -0.384. The average Bonchev–Trinajstić information content (AvgIpc) is 2.53. The summed E-state index contributed by atoms with van der Waals surface area (Å²) in [7, 11) is 0. The van der Waals surface area contributed by atoms with E-state index in [4.69, 9.17) is 0 Å². The van der Waals surface area contributed by atoms with Gasteiger partial charge in [-0.2, -0.15) is 0 Å². The fraction of sp³-hybridized carbons (Fsp3) is 0.250. The highest BCUT2D eigenvalue weighted by atomic mass is 16.6. The Kier molecular flexibility index (Phi) is 4.49. The van der Waals surface area contributed by atoms with Gasteiger partial charge in [-0.25, -0.2) is 9.97 Å². The Balaban J connectivity index is 2.35. The Morgan fingerprint density at radius 2 is 1.82 bits per heavy atom. The van der Waals surface area contributed by atoms with Crippen molar-refractivity contribution in [1.29, 1.82) is 0 Å². The molecule has 1 N–H and O–H groups in total. The lowest BCUT2D eigenvalue weighted by atomic mass is 9.85. The molecule has 1 aromatic heterocycles. The summed E-state index contributed by atoms with van der Waals surface area (Å²) in [5.74, 6) is 5.51. The van der Waals surface area contributed by atoms with Crippen LogP contribution in [0, 0.1) is 27.9 Å². The molecule has 1 unspecified atom stereocenters. The van der Waals surface area contributed by atoms with Crippen molar-refractivity contribution in [2.24, 2.45) is 5.92 Å². The topological polar surface area (TPSA) is 89.2 Å². The molecular formula is C16H15N3O3. The summed E-state index contributed by atoms with van der Waals surface area (Å²) in [4.78, 5) is 18.0. The van der Waals surface area contributed by atoms with Crippen LogP contribution >= 0.6 is 0 Å². The number of nitrogens with zero attached hydrogens (tertiary/aromatic N) is 3. The second-order valence-electron chi connectivity index (χ2n) is 5.10. The molecule has 6 nitrogen and oxygen atoms in total. The summed E-state index contributed by atoms with van der Waals surface area (Å²) in [5.41, 5.74) is -0.287. The van der Waals surface area contributed by atoms with E-state index < -0.39 is 10.5 Å². The summed E-state index contributed by atoms with van der Waals surface area (Å²) < 4.78 is 0. The molecule has 0 amide bonds. The molecule has 1 aromatic carbocycles. The highest BCUT2D eigenvalue weighted by Crippen LogP contribution is 2.28. The van der Waals surface area contributed by atoms with Gasteiger partial charge in [0.1, 0.15) is 6.33 Å². The molecule has 0 fully saturated rings. The molecule has 6 heteroatoms. The monoisotopic (exact) mass is 297 g/mol. The van der Waals surface area contributed by atoms with E-state index in [9.17, 15) is 15.2 Å². The second-order valence-corrected chi connectivity index (χ2v) is 5.10. The van der Waals surface area contributed by atoms with Crippen LogP contribution in [0.25, 0.3) is 0 Å². The molecule has 0 spiro atoms. The maximum absolute atomic E-state index is 10.8. The number of rotatable bonds is 3. The van der Waals surface area contributed by atoms with E-state index >= 15 is 0 Å². The fourth-order valence-corrected chi connectivity index (χ4v) is 1.88. The standard InChI is InChI=1S/C16H15N3O3/c1-12(2)16(20,14-9-17-11-18-10-14)8-7-13-3-5-15(6-4-13)19(21)22/h3-6,9-12,20H,1-2H3. The molecule has 1 heterocycles. The Labute approximate surface area is 128 Å². The first-order valence-corrected chi connectivity index (χ1v) is 6.69. The van der Waals surface area contributed by atoms with Crippen LogP contribution in [-0.2, 0) is 5.60 Å². The van der Waals surface area contributed by atoms with Gasteiger partial charge in [0.15, 0.2) is 5.60 Å². The molecule has 0 saturated heterocycles. The van der Waals surface area contributed by atoms with Gasteiger partial charge in [0.25, 0.3) is 5.69 Å². The number of aromatic nitrogens is 2. The van der Waals surface area contributed by atoms with Gasteiger partial charge in [-0.1, -0.05) is 25.7 Å². The number of nitro groups is 1. The zero-order chi connectivity index (χ0) is 16.2. The van der Waals surface area contributed by atoms with Crippen LogP contribution in [0.1, 0.15) is 25.0 Å². The zero-order valence-electron chi connectivity index (χ0n) is 12.2. The van der Waals surface area contributed by atoms with Crippen LogP contribution in [-0.4, -0.2) is 20.0 Å². The molecule has 2 aromatic rings. The zero-order valence-corrected chi connectivity index (χ0v) is 12.2. The Hall–Kier alpha value is -2.78. The fourth-order valence-electron chi connectivity index (χ4n) is 1.88. The molecule has 0 aliphatic carbocycles. The SMILES string of the molecule is CC(C)C(O)(C#Cc1ccc([N+](=O)[O-])cc1)c1cncnc1. The van der Waals surface area contributed by atoms with Gasteiger partial charge in [0.2, 0.25) is 0 Å². The van der Waals surface area contributed by atoms with E-state index in [1.807, 2.05) is 13.8 Å². The van der Waals surface area contributed by atoms with E-state index in [0.717, 1.165) is 0 Å². The second kappa shape index (κ2) is 6.33. The average molecular weight is 297 g/mol. The number of non-ortho nitro benzene ring substituents is 1. The molecule has 112 valence electrons. The third-order valence-electron chi connectivity index (χ3n) is 3.31. The van der Waals surface area contributed by atoms with E-state index in [0.29, 0.717) is 11.1 Å². The minimum Gasteiger partial charge on any atom is -0.373 e. The highest BCUT2D eigenvalue weighted by Gasteiger charge is 2.31. The number of hydrogen-bond acceptors (Lipinski definition) is 5. The molecule has 0 aliphatic heterocycles. The van der Waals surface area contributed by atoms with Crippen LogP contribution in [0.15, 0.2) is 43.0 Å². The molecule has 22 heavy (non-hydrogen) atoms. The molecule has 2 rings (SSSR count). The molecule has 1 atom stereocenters. The predicted molar refractivity (Wildman–Crippen MR) is 80.7 cm³/mol. The van der Waals surface area contributed by atoms with Crippen molar-refractivity contribution in [3.63, 3.8) is 0 Å². The predicted octanol–water partition coefficient (Wildman–Crippen LogP) is 2.28. The van der Waals surface area contributed by atoms with Crippen molar-refractivity contribution in [2.45, 2.75) is 19.4 Å². The van der Waals surface area contributed by atoms with Crippen molar-refractivity contribution >= 4 is 5.69 Å². The minimum atomic E-state index is -1.39. The van der Waals surface area contributed by atoms with Crippen molar-refractivity contribution in [3.8, 4) is 11.8 Å². The van der Waals surface area contributed by atoms with E-state index in [-0.39, 0.29) is 11.6 Å². The van der Waals surface area contributed by atoms with E-state index in [1.54, 1.807) is 12.1 Å². The number of nitro benzene ring substituents is 1. The van der Waals surface area contributed by atoms with Crippen LogP contribution in [0.3, 0.4) is 0 Å². The summed E-state index contributed by atoms with van der Waals surface area (Å²) in [6, 6.07) is 5.86. The van der Waals surface area contributed by atoms with E-state index in [2.05, 4.69) is 21.8 Å². The molecule has 0 bridgehead atoms. The first kappa shape index (κ1) is 15.6. The van der Waals surface area contributed by atoms with Gasteiger partial charge in [0, 0.05) is 35.7 Å². The Morgan fingerprint density at radius 3 is 2.32 bits per heavy atom. The summed E-state index contributed by atoms with van der Waals surface area (Å²) in [5, 5.41) is 21.4. The van der Waals surface area contributed by atoms with Crippen LogP contribution in [0.4, 0.5) is 5.69 Å². The highest BCUT2D eigenvalue weighted by molar-refractivity contribution is 5.43. The maximum Gasteiger partial charge on any atom is 0.269 e. The smallest absolute Gasteiger partial charge is 0.269 e. The number of benzene rings is 1. The maximum atomic E-state index is 10.8. The van der Waals surface area contributed by atoms with Crippen molar-refractivity contribution < 1.29 is 10.0 Å². The van der Waals surface area contributed by atoms with Gasteiger partial charge in [-0.05, 0) is 18.1 Å². The minimum absolute atomic E-state index is 0.00105. The molecule has 0 saturated carbocycles. The quantitative estimate of drug-likeness (QED) is 0.533. The summed E-state index contributed by atoms with van der Waals surface area (Å²) in [6.07, 6.45) is 4.43. The first-order valence-electron chi connectivity index (χ1n) is 6.69. The third-order valence-corrected chi connectivity index (χ3v) is 3.31. The normalized spacial score (nSPS) is 13.1. The molecule has 0 aliphatic rings. The summed E-state index contributed by atoms with van der Waals surface area (Å²) >= 11 is 0. The lowest BCUT2D eigenvalue weighted by Crippen LogP contribution is -2.30. The Bertz CT molecular complexity index is 718. The van der Waals surface area contributed by atoms with Crippen molar-refractivity contribution in [1.82, 2.24) is 9.97 Å².